The van der Waals surface area contributed by atoms with Crippen molar-refractivity contribution in [1.82, 2.24) is 5.43 Å². The lowest BCUT2D eigenvalue weighted by Gasteiger charge is -2.05. The molecule has 1 aromatic heterocycles. The van der Waals surface area contributed by atoms with Crippen molar-refractivity contribution in [3.05, 3.63) is 81.1 Å². The van der Waals surface area contributed by atoms with Crippen molar-refractivity contribution in [2.45, 2.75) is 6.42 Å². The van der Waals surface area contributed by atoms with Gasteiger partial charge >= 0.3 is 0 Å². The Morgan fingerprint density at radius 1 is 1.24 bits per heavy atom. The predicted molar refractivity (Wildman–Crippen MR) is 108 cm³/mol. The molecule has 0 aliphatic rings. The first-order chi connectivity index (χ1) is 14.0. The Morgan fingerprint density at radius 2 is 2.00 bits per heavy atom. The fraction of sp³-hybridized carbons (Fsp3) is 0.100. The van der Waals surface area contributed by atoms with Crippen LogP contribution in [0.5, 0.6) is 5.75 Å². The standard InChI is InChI=1S/C20H16ClN3O5/c1-28-19-11-15(24(26)27)6-8-17(19)18-9-7-16(29-18)12-22-23-20(25)10-13-2-4-14(21)5-3-13/h2-9,11-12H,10H2,1H3,(H,23,25)/b22-12-. The van der Waals surface area contributed by atoms with Crippen LogP contribution in [0, 0.1) is 10.1 Å². The van der Waals surface area contributed by atoms with Gasteiger partial charge in [0.1, 0.15) is 17.3 Å². The molecule has 2 aromatic carbocycles. The molecular formula is C20H16ClN3O5. The number of nitro benzene ring substituents is 1. The van der Waals surface area contributed by atoms with E-state index in [1.165, 1.54) is 25.5 Å². The second-order valence-corrected chi connectivity index (χ2v) is 6.38. The number of hydrogen-bond acceptors (Lipinski definition) is 6. The fourth-order valence-corrected chi connectivity index (χ4v) is 2.69. The van der Waals surface area contributed by atoms with E-state index >= 15 is 0 Å². The molecule has 1 amide bonds. The van der Waals surface area contributed by atoms with Crippen molar-refractivity contribution < 1.29 is 18.9 Å². The second-order valence-electron chi connectivity index (χ2n) is 5.94. The van der Waals surface area contributed by atoms with E-state index in [9.17, 15) is 14.9 Å². The number of methoxy groups -OCH3 is 1. The molecule has 1 heterocycles. The van der Waals surface area contributed by atoms with Crippen LogP contribution in [-0.4, -0.2) is 24.2 Å². The van der Waals surface area contributed by atoms with Gasteiger partial charge < -0.3 is 9.15 Å². The van der Waals surface area contributed by atoms with Crippen molar-refractivity contribution in [2.75, 3.05) is 7.11 Å². The van der Waals surface area contributed by atoms with Crippen LogP contribution >= 0.6 is 11.6 Å². The van der Waals surface area contributed by atoms with Crippen LogP contribution in [-0.2, 0) is 11.2 Å². The van der Waals surface area contributed by atoms with E-state index in [1.807, 2.05) is 0 Å². The van der Waals surface area contributed by atoms with Crippen LogP contribution in [0.15, 0.2) is 64.1 Å². The lowest BCUT2D eigenvalue weighted by molar-refractivity contribution is -0.384. The molecule has 0 bridgehead atoms. The molecule has 9 heteroatoms. The number of rotatable bonds is 7. The van der Waals surface area contributed by atoms with E-state index in [-0.39, 0.29) is 18.0 Å². The lowest BCUT2D eigenvalue weighted by atomic mass is 10.1. The summed E-state index contributed by atoms with van der Waals surface area (Å²) in [5.41, 5.74) is 3.71. The topological polar surface area (TPSA) is 107 Å². The zero-order valence-corrected chi connectivity index (χ0v) is 16.1. The maximum absolute atomic E-state index is 11.9. The van der Waals surface area contributed by atoms with Crippen LogP contribution in [0.2, 0.25) is 5.02 Å². The Hall–Kier alpha value is -3.65. The summed E-state index contributed by atoms with van der Waals surface area (Å²) in [6.07, 6.45) is 1.53. The van der Waals surface area contributed by atoms with Crippen molar-refractivity contribution in [2.24, 2.45) is 5.10 Å². The average molecular weight is 414 g/mol. The summed E-state index contributed by atoms with van der Waals surface area (Å²) in [5.74, 6) is 0.874. The summed E-state index contributed by atoms with van der Waals surface area (Å²) in [6, 6.07) is 14.5. The first-order valence-electron chi connectivity index (χ1n) is 8.45. The van der Waals surface area contributed by atoms with E-state index in [2.05, 4.69) is 10.5 Å². The monoisotopic (exact) mass is 413 g/mol. The summed E-state index contributed by atoms with van der Waals surface area (Å²) < 4.78 is 10.9. The van der Waals surface area contributed by atoms with Gasteiger partial charge in [0.25, 0.3) is 5.69 Å². The molecule has 3 aromatic rings. The van der Waals surface area contributed by atoms with Gasteiger partial charge in [0, 0.05) is 11.1 Å². The molecule has 0 radical (unpaired) electrons. The summed E-state index contributed by atoms with van der Waals surface area (Å²) in [5, 5.41) is 15.4. The Labute approximate surface area is 170 Å². The molecule has 1 N–H and O–H groups in total. The molecule has 0 unspecified atom stereocenters. The SMILES string of the molecule is COc1cc([N+](=O)[O-])ccc1-c1ccc(/C=N\NC(=O)Cc2ccc(Cl)cc2)o1. The number of ether oxygens (including phenoxy) is 1. The first-order valence-corrected chi connectivity index (χ1v) is 8.83. The maximum atomic E-state index is 11.9. The molecule has 148 valence electrons. The third kappa shape index (κ3) is 5.20. The van der Waals surface area contributed by atoms with Crippen molar-refractivity contribution >= 4 is 29.4 Å². The predicted octanol–water partition coefficient (Wildman–Crippen LogP) is 4.21. The number of nitrogens with zero attached hydrogens (tertiary/aromatic N) is 2. The third-order valence-corrected chi connectivity index (χ3v) is 4.20. The highest BCUT2D eigenvalue weighted by Gasteiger charge is 2.15. The minimum atomic E-state index is -0.501. The molecular weight excluding hydrogens is 398 g/mol. The van der Waals surface area contributed by atoms with Gasteiger partial charge in [-0.25, -0.2) is 5.43 Å². The van der Waals surface area contributed by atoms with Gasteiger partial charge in [0.05, 0.1) is 36.3 Å². The third-order valence-electron chi connectivity index (χ3n) is 3.95. The van der Waals surface area contributed by atoms with Crippen LogP contribution in [0.25, 0.3) is 11.3 Å². The summed E-state index contributed by atoms with van der Waals surface area (Å²) in [6.45, 7) is 0. The number of carbonyl (C=O) groups is 1. The molecule has 8 nitrogen and oxygen atoms in total. The average Bonchev–Trinajstić information content (AvgIpc) is 3.18. The summed E-state index contributed by atoms with van der Waals surface area (Å²) in [4.78, 5) is 22.3. The summed E-state index contributed by atoms with van der Waals surface area (Å²) in [7, 11) is 1.42. The molecule has 0 fully saturated rings. The van der Waals surface area contributed by atoms with Crippen molar-refractivity contribution in [3.8, 4) is 17.1 Å². The number of hydrogen-bond donors (Lipinski definition) is 1. The highest BCUT2D eigenvalue weighted by molar-refractivity contribution is 6.30. The molecule has 0 atom stereocenters. The molecule has 0 aliphatic heterocycles. The van der Waals surface area contributed by atoms with E-state index in [0.717, 1.165) is 5.56 Å². The Balaban J connectivity index is 1.65. The number of non-ortho nitro benzene ring substituents is 1. The quantitative estimate of drug-likeness (QED) is 0.354. The molecule has 0 spiro atoms. The van der Waals surface area contributed by atoms with E-state index in [0.29, 0.717) is 27.9 Å². The van der Waals surface area contributed by atoms with Crippen LogP contribution in [0.4, 0.5) is 5.69 Å². The molecule has 0 saturated heterocycles. The smallest absolute Gasteiger partial charge is 0.273 e. The molecule has 0 aliphatic carbocycles. The Kier molecular flexibility index (Phi) is 6.25. The van der Waals surface area contributed by atoms with Gasteiger partial charge in [-0.2, -0.15) is 5.10 Å². The minimum absolute atomic E-state index is 0.0812. The number of benzene rings is 2. The maximum Gasteiger partial charge on any atom is 0.273 e. The number of halogens is 1. The number of nitro groups is 1. The van der Waals surface area contributed by atoms with E-state index < -0.39 is 4.92 Å². The summed E-state index contributed by atoms with van der Waals surface area (Å²) >= 11 is 5.81. The Morgan fingerprint density at radius 3 is 2.69 bits per heavy atom. The van der Waals surface area contributed by atoms with Gasteiger partial charge in [-0.05, 0) is 35.9 Å². The van der Waals surface area contributed by atoms with Gasteiger partial charge in [-0.15, -0.1) is 0 Å². The van der Waals surface area contributed by atoms with E-state index in [1.54, 1.807) is 42.5 Å². The number of carbonyl (C=O) groups excluding carboxylic acids is 1. The zero-order chi connectivity index (χ0) is 20.8. The van der Waals surface area contributed by atoms with Gasteiger partial charge in [0.15, 0.2) is 0 Å². The highest BCUT2D eigenvalue weighted by atomic mass is 35.5. The minimum Gasteiger partial charge on any atom is -0.496 e. The molecule has 0 saturated carbocycles. The van der Waals surface area contributed by atoms with Crippen LogP contribution < -0.4 is 10.2 Å². The second kappa shape index (κ2) is 9.03. The van der Waals surface area contributed by atoms with Gasteiger partial charge in [-0.1, -0.05) is 23.7 Å². The van der Waals surface area contributed by atoms with Crippen LogP contribution in [0.1, 0.15) is 11.3 Å². The van der Waals surface area contributed by atoms with Crippen LogP contribution in [0.3, 0.4) is 0 Å². The highest BCUT2D eigenvalue weighted by Crippen LogP contribution is 2.34. The largest absolute Gasteiger partial charge is 0.496 e. The fourth-order valence-electron chi connectivity index (χ4n) is 2.56. The van der Waals surface area contributed by atoms with Gasteiger partial charge in [0.2, 0.25) is 5.91 Å². The molecule has 29 heavy (non-hydrogen) atoms. The number of nitrogens with one attached hydrogen (secondary N) is 1. The lowest BCUT2D eigenvalue weighted by Crippen LogP contribution is -2.19. The Bertz CT molecular complexity index is 1060. The first kappa shape index (κ1) is 20.1. The van der Waals surface area contributed by atoms with Crippen molar-refractivity contribution in [1.29, 1.82) is 0 Å². The zero-order valence-electron chi connectivity index (χ0n) is 15.3. The van der Waals surface area contributed by atoms with E-state index in [4.69, 9.17) is 20.8 Å². The number of amides is 1. The number of hydrazone groups is 1. The van der Waals surface area contributed by atoms with Crippen molar-refractivity contribution in [3.63, 3.8) is 0 Å². The molecule has 3 rings (SSSR count). The normalized spacial score (nSPS) is 10.8. The number of furan rings is 1. The van der Waals surface area contributed by atoms with Gasteiger partial charge in [-0.3, -0.25) is 14.9 Å².